The van der Waals surface area contributed by atoms with Gasteiger partial charge in [-0.15, -0.1) is 0 Å². The zero-order valence-electron chi connectivity index (χ0n) is 6.21. The molecule has 57 valence electrons. The minimum absolute atomic E-state index is 0.333. The summed E-state index contributed by atoms with van der Waals surface area (Å²) in [5.41, 5.74) is 0. The Bertz CT molecular complexity index is 77.4. The van der Waals surface area contributed by atoms with Crippen molar-refractivity contribution in [2.75, 3.05) is 6.61 Å². The van der Waals surface area contributed by atoms with E-state index in [9.17, 15) is 4.79 Å². The summed E-state index contributed by atoms with van der Waals surface area (Å²) in [5.74, 6) is 0. The summed E-state index contributed by atoms with van der Waals surface area (Å²) in [7, 11) is 1.06. The quantitative estimate of drug-likeness (QED) is 0.301. The number of hydrogen-bond acceptors (Lipinski definition) is 3. The molecule has 0 aromatic rings. The lowest BCUT2D eigenvalue weighted by Gasteiger charge is -1.97. The summed E-state index contributed by atoms with van der Waals surface area (Å²) in [6.45, 7) is 3.08. The molecule has 0 amide bonds. The summed E-state index contributed by atoms with van der Waals surface area (Å²) < 4.78 is 8.98. The molecule has 0 aromatic carbocycles. The van der Waals surface area contributed by atoms with E-state index in [0.29, 0.717) is 13.1 Å². The van der Waals surface area contributed by atoms with E-state index < -0.39 is 0 Å². The Hall–Kier alpha value is -0.505. The Morgan fingerprint density at radius 2 is 2.30 bits per heavy atom. The molecule has 0 unspecified atom stereocenters. The van der Waals surface area contributed by atoms with Gasteiger partial charge in [0.15, 0.2) is 0 Å². The molecule has 10 heavy (non-hydrogen) atoms. The molecule has 0 aliphatic rings. The molecule has 3 nitrogen and oxygen atoms in total. The van der Waals surface area contributed by atoms with Crippen LogP contribution in [0.4, 0.5) is 0 Å². The largest absolute Gasteiger partial charge is 0.574 e. The van der Waals surface area contributed by atoms with Crippen LogP contribution in [0, 0.1) is 0 Å². The highest BCUT2D eigenvalue weighted by atomic mass is 16.6. The lowest BCUT2D eigenvalue weighted by atomic mass is 10.2. The molecule has 0 aliphatic heterocycles. The van der Waals surface area contributed by atoms with Gasteiger partial charge in [0.05, 0.1) is 0 Å². The van der Waals surface area contributed by atoms with Crippen molar-refractivity contribution in [2.45, 2.75) is 26.2 Å². The van der Waals surface area contributed by atoms with Crippen LogP contribution < -0.4 is 0 Å². The number of carbonyl (C=O) groups is 1. The van der Waals surface area contributed by atoms with Gasteiger partial charge in [0.2, 0.25) is 0 Å². The van der Waals surface area contributed by atoms with Gasteiger partial charge in [-0.1, -0.05) is 19.8 Å². The standard InChI is InChI=1S/C6H12BO3/c1-2-3-4-5-9-7-10-6-8/h6H,2-5H2,1H3. The van der Waals surface area contributed by atoms with E-state index >= 15 is 0 Å². The number of unbranched alkanes of at least 4 members (excludes halogenated alkanes) is 2. The second kappa shape index (κ2) is 8.49. The molecule has 0 fully saturated rings. The summed E-state index contributed by atoms with van der Waals surface area (Å²) in [4.78, 5) is 9.56. The third kappa shape index (κ3) is 7.49. The van der Waals surface area contributed by atoms with Gasteiger partial charge in [-0.3, -0.25) is 4.79 Å². The van der Waals surface area contributed by atoms with Crippen LogP contribution in [0.2, 0.25) is 0 Å². The lowest BCUT2D eigenvalue weighted by Crippen LogP contribution is -2.04. The predicted octanol–water partition coefficient (Wildman–Crippen LogP) is 0.900. The van der Waals surface area contributed by atoms with Crippen molar-refractivity contribution in [2.24, 2.45) is 0 Å². The third-order valence-corrected chi connectivity index (χ3v) is 1.04. The van der Waals surface area contributed by atoms with E-state index in [4.69, 9.17) is 4.65 Å². The molecule has 0 bridgehead atoms. The first-order chi connectivity index (χ1) is 4.91. The Morgan fingerprint density at radius 3 is 2.90 bits per heavy atom. The topological polar surface area (TPSA) is 35.5 Å². The normalized spacial score (nSPS) is 8.90. The van der Waals surface area contributed by atoms with Crippen LogP contribution in [0.25, 0.3) is 0 Å². The van der Waals surface area contributed by atoms with Crippen molar-refractivity contribution in [3.8, 4) is 0 Å². The van der Waals surface area contributed by atoms with Crippen molar-refractivity contribution >= 4 is 14.2 Å². The van der Waals surface area contributed by atoms with E-state index in [-0.39, 0.29) is 0 Å². The van der Waals surface area contributed by atoms with Crippen LogP contribution in [0.1, 0.15) is 26.2 Å². The molecule has 1 radical (unpaired) electrons. The zero-order chi connectivity index (χ0) is 7.66. The maximum Gasteiger partial charge on any atom is 0.574 e. The molecule has 0 saturated heterocycles. The van der Waals surface area contributed by atoms with Gasteiger partial charge in [-0.05, 0) is 6.42 Å². The third-order valence-electron chi connectivity index (χ3n) is 1.04. The average molecular weight is 143 g/mol. The van der Waals surface area contributed by atoms with Crippen LogP contribution in [-0.2, 0) is 14.1 Å². The van der Waals surface area contributed by atoms with E-state index in [2.05, 4.69) is 11.6 Å². The maximum absolute atomic E-state index is 9.56. The number of hydrogen-bond donors (Lipinski definition) is 0. The summed E-state index contributed by atoms with van der Waals surface area (Å²) in [5, 5.41) is 0. The van der Waals surface area contributed by atoms with Crippen molar-refractivity contribution in [3.63, 3.8) is 0 Å². The van der Waals surface area contributed by atoms with Gasteiger partial charge in [-0.2, -0.15) is 0 Å². The maximum atomic E-state index is 9.56. The van der Waals surface area contributed by atoms with E-state index in [1.54, 1.807) is 0 Å². The Balaban J connectivity index is 2.70. The fourth-order valence-electron chi connectivity index (χ4n) is 0.545. The van der Waals surface area contributed by atoms with Crippen LogP contribution in [-0.4, -0.2) is 20.8 Å². The Labute approximate surface area is 62.0 Å². The predicted molar refractivity (Wildman–Crippen MR) is 38.4 cm³/mol. The van der Waals surface area contributed by atoms with Crippen LogP contribution in [0.15, 0.2) is 0 Å². The minimum atomic E-state index is 0.333. The highest BCUT2D eigenvalue weighted by molar-refractivity contribution is 6.20. The number of rotatable bonds is 7. The van der Waals surface area contributed by atoms with Crippen molar-refractivity contribution in [1.82, 2.24) is 0 Å². The highest BCUT2D eigenvalue weighted by Gasteiger charge is 1.92. The molecule has 0 aromatic heterocycles. The minimum Gasteiger partial charge on any atom is -0.513 e. The van der Waals surface area contributed by atoms with Crippen molar-refractivity contribution in [3.05, 3.63) is 0 Å². The number of carbonyl (C=O) groups excluding carboxylic acids is 1. The summed E-state index contributed by atoms with van der Waals surface area (Å²) in [6, 6.07) is 0. The first-order valence-electron chi connectivity index (χ1n) is 3.44. The van der Waals surface area contributed by atoms with Crippen LogP contribution in [0.3, 0.4) is 0 Å². The van der Waals surface area contributed by atoms with Gasteiger partial charge in [0, 0.05) is 6.61 Å². The molecular formula is C6H12BO3. The SMILES string of the molecule is CCCCCO[B]OC=O. The van der Waals surface area contributed by atoms with Gasteiger partial charge in [0.1, 0.15) is 0 Å². The Morgan fingerprint density at radius 1 is 1.50 bits per heavy atom. The van der Waals surface area contributed by atoms with Gasteiger partial charge >= 0.3 is 7.69 Å². The molecule has 0 N–H and O–H groups in total. The van der Waals surface area contributed by atoms with Crippen molar-refractivity contribution < 1.29 is 14.1 Å². The van der Waals surface area contributed by atoms with E-state index in [0.717, 1.165) is 26.9 Å². The molecule has 0 aliphatic carbocycles. The molecule has 4 heteroatoms. The van der Waals surface area contributed by atoms with Crippen molar-refractivity contribution in [1.29, 1.82) is 0 Å². The molecule has 0 atom stereocenters. The van der Waals surface area contributed by atoms with Gasteiger partial charge in [-0.25, -0.2) is 0 Å². The second-order valence-electron chi connectivity index (χ2n) is 1.91. The first-order valence-corrected chi connectivity index (χ1v) is 3.44. The first kappa shape index (κ1) is 9.49. The Kier molecular flexibility index (Phi) is 8.07. The second-order valence-corrected chi connectivity index (χ2v) is 1.91. The highest BCUT2D eigenvalue weighted by Crippen LogP contribution is 1.92. The summed E-state index contributed by atoms with van der Waals surface area (Å²) in [6.07, 6.45) is 3.32. The van der Waals surface area contributed by atoms with E-state index in [1.165, 1.54) is 0 Å². The van der Waals surface area contributed by atoms with Crippen LogP contribution >= 0.6 is 0 Å². The molecule has 0 saturated carbocycles. The molecule has 0 rings (SSSR count). The zero-order valence-corrected chi connectivity index (χ0v) is 6.21. The fraction of sp³-hybridized carbons (Fsp3) is 0.833. The molecule has 0 spiro atoms. The lowest BCUT2D eigenvalue weighted by molar-refractivity contribution is -0.121. The van der Waals surface area contributed by atoms with Gasteiger partial charge < -0.3 is 9.31 Å². The summed E-state index contributed by atoms with van der Waals surface area (Å²) >= 11 is 0. The monoisotopic (exact) mass is 143 g/mol. The van der Waals surface area contributed by atoms with Gasteiger partial charge in [0.25, 0.3) is 6.47 Å². The fourth-order valence-corrected chi connectivity index (χ4v) is 0.545. The smallest absolute Gasteiger partial charge is 0.513 e. The molecule has 0 heterocycles. The molecular weight excluding hydrogens is 131 g/mol. The average Bonchev–Trinajstić information content (AvgIpc) is 1.97. The van der Waals surface area contributed by atoms with E-state index in [1.807, 2.05) is 0 Å². The van der Waals surface area contributed by atoms with Crippen LogP contribution in [0.5, 0.6) is 0 Å².